The smallest absolute Gasteiger partial charge is 0.302 e. The molecule has 0 aliphatic rings. The third kappa shape index (κ3) is 3.41. The molecular weight excluding hydrogens is 249 g/mol. The molecule has 17 heavy (non-hydrogen) atoms. The Bertz CT molecular complexity index is 519. The van der Waals surface area contributed by atoms with Gasteiger partial charge >= 0.3 is 6.18 Å². The summed E-state index contributed by atoms with van der Waals surface area (Å²) in [6, 6.07) is 5.81. The summed E-state index contributed by atoms with van der Waals surface area (Å²) in [7, 11) is 0. The van der Waals surface area contributed by atoms with Gasteiger partial charge in [-0.1, -0.05) is 6.07 Å². The monoisotopic (exact) mass is 260 g/mol. The molecule has 1 heterocycles. The van der Waals surface area contributed by atoms with Gasteiger partial charge in [0.15, 0.2) is 0 Å². The summed E-state index contributed by atoms with van der Waals surface area (Å²) in [6.07, 6.45) is -4.17. The summed E-state index contributed by atoms with van der Waals surface area (Å²) in [5.74, 6) is 0. The van der Waals surface area contributed by atoms with E-state index in [4.69, 9.17) is 0 Å². The average Bonchev–Trinajstić information content (AvgIpc) is 2.57. The van der Waals surface area contributed by atoms with Crippen LogP contribution < -0.4 is 5.32 Å². The maximum Gasteiger partial charge on any atom is 0.401 e. The predicted octanol–water partition coefficient (Wildman–Crippen LogP) is 3.26. The Balaban J connectivity index is 2.05. The second-order valence-corrected chi connectivity index (χ2v) is 4.91. The third-order valence-corrected chi connectivity index (χ3v) is 3.21. The number of benzene rings is 1. The van der Waals surface area contributed by atoms with Crippen molar-refractivity contribution in [1.82, 2.24) is 10.3 Å². The Morgan fingerprint density at radius 1 is 1.35 bits per heavy atom. The fraction of sp³-hybridized carbons (Fsp3) is 0.364. The zero-order valence-electron chi connectivity index (χ0n) is 9.14. The topological polar surface area (TPSA) is 24.9 Å². The van der Waals surface area contributed by atoms with E-state index in [0.29, 0.717) is 5.01 Å². The lowest BCUT2D eigenvalue weighted by Crippen LogP contribution is -2.28. The van der Waals surface area contributed by atoms with Crippen molar-refractivity contribution in [1.29, 1.82) is 0 Å². The first kappa shape index (κ1) is 12.3. The molecular formula is C11H11F3N2S. The lowest BCUT2D eigenvalue weighted by molar-refractivity contribution is -0.125. The first-order valence-corrected chi connectivity index (χ1v) is 5.89. The molecule has 1 aromatic heterocycles. The molecule has 92 valence electrons. The highest BCUT2D eigenvalue weighted by atomic mass is 32.1. The molecule has 1 N–H and O–H groups in total. The quantitative estimate of drug-likeness (QED) is 0.916. The van der Waals surface area contributed by atoms with E-state index < -0.39 is 12.7 Å². The standard InChI is InChI=1S/C11H11F3N2S/c1-7-2-3-8-9(4-7)17-10(16-8)5-15-6-11(12,13)14/h2-4,15H,5-6H2,1H3. The molecule has 0 saturated heterocycles. The number of rotatable bonds is 3. The Kier molecular flexibility index (Phi) is 3.35. The first-order chi connectivity index (χ1) is 7.94. The zero-order valence-corrected chi connectivity index (χ0v) is 9.95. The van der Waals surface area contributed by atoms with E-state index in [9.17, 15) is 13.2 Å². The van der Waals surface area contributed by atoms with Crippen LogP contribution in [0.3, 0.4) is 0 Å². The first-order valence-electron chi connectivity index (χ1n) is 5.07. The van der Waals surface area contributed by atoms with Crippen LogP contribution in [0, 0.1) is 6.92 Å². The van der Waals surface area contributed by atoms with Gasteiger partial charge in [0.05, 0.1) is 16.8 Å². The molecule has 0 amide bonds. The second-order valence-electron chi connectivity index (χ2n) is 3.80. The molecule has 6 heteroatoms. The minimum Gasteiger partial charge on any atom is -0.302 e. The van der Waals surface area contributed by atoms with Gasteiger partial charge in [-0.3, -0.25) is 0 Å². The van der Waals surface area contributed by atoms with Crippen LogP contribution in [0.25, 0.3) is 10.2 Å². The highest BCUT2D eigenvalue weighted by Gasteiger charge is 2.26. The largest absolute Gasteiger partial charge is 0.401 e. The number of thiazole rings is 1. The van der Waals surface area contributed by atoms with Crippen LogP contribution in [0.1, 0.15) is 10.6 Å². The van der Waals surface area contributed by atoms with Crippen LogP contribution in [-0.4, -0.2) is 17.7 Å². The molecule has 0 bridgehead atoms. The van der Waals surface area contributed by atoms with E-state index in [1.165, 1.54) is 11.3 Å². The van der Waals surface area contributed by atoms with Crippen LogP contribution in [0.15, 0.2) is 18.2 Å². The lowest BCUT2D eigenvalue weighted by atomic mass is 10.2. The van der Waals surface area contributed by atoms with Gasteiger partial charge in [-0.15, -0.1) is 11.3 Å². The van der Waals surface area contributed by atoms with Gasteiger partial charge in [0.1, 0.15) is 5.01 Å². The maximum absolute atomic E-state index is 11.9. The molecule has 0 aliphatic carbocycles. The third-order valence-electron chi connectivity index (χ3n) is 2.19. The number of nitrogens with one attached hydrogen (secondary N) is 1. The van der Waals surface area contributed by atoms with E-state index in [-0.39, 0.29) is 6.54 Å². The summed E-state index contributed by atoms with van der Waals surface area (Å²) < 4.78 is 36.8. The molecule has 0 saturated carbocycles. The number of fused-ring (bicyclic) bond motifs is 1. The van der Waals surface area contributed by atoms with Crippen LogP contribution in [0.2, 0.25) is 0 Å². The fourth-order valence-electron chi connectivity index (χ4n) is 1.47. The van der Waals surface area contributed by atoms with Crippen LogP contribution >= 0.6 is 11.3 Å². The van der Waals surface area contributed by atoms with E-state index >= 15 is 0 Å². The Labute approximate surface area is 100 Å². The van der Waals surface area contributed by atoms with Crippen molar-refractivity contribution in [2.24, 2.45) is 0 Å². The molecule has 2 rings (SSSR count). The van der Waals surface area contributed by atoms with Gasteiger partial charge in [0.25, 0.3) is 0 Å². The summed E-state index contributed by atoms with van der Waals surface area (Å²) in [4.78, 5) is 4.26. The minimum atomic E-state index is -4.17. The van der Waals surface area contributed by atoms with E-state index in [0.717, 1.165) is 15.8 Å². The van der Waals surface area contributed by atoms with Crippen molar-refractivity contribution in [3.63, 3.8) is 0 Å². The number of aryl methyl sites for hydroxylation is 1. The van der Waals surface area contributed by atoms with Crippen molar-refractivity contribution in [3.05, 3.63) is 28.8 Å². The van der Waals surface area contributed by atoms with Gasteiger partial charge in [-0.25, -0.2) is 4.98 Å². The molecule has 0 fully saturated rings. The normalized spacial score (nSPS) is 12.2. The number of aromatic nitrogens is 1. The van der Waals surface area contributed by atoms with Gasteiger partial charge in [0.2, 0.25) is 0 Å². The van der Waals surface area contributed by atoms with Crippen molar-refractivity contribution in [3.8, 4) is 0 Å². The number of alkyl halides is 3. The van der Waals surface area contributed by atoms with E-state index in [2.05, 4.69) is 10.3 Å². The summed E-state index contributed by atoms with van der Waals surface area (Å²) >= 11 is 1.42. The molecule has 0 unspecified atom stereocenters. The summed E-state index contributed by atoms with van der Waals surface area (Å²) in [5, 5.41) is 3.02. The van der Waals surface area contributed by atoms with Gasteiger partial charge in [0, 0.05) is 6.54 Å². The van der Waals surface area contributed by atoms with Gasteiger partial charge in [-0.05, 0) is 24.6 Å². The Morgan fingerprint density at radius 2 is 2.12 bits per heavy atom. The summed E-state index contributed by atoms with van der Waals surface area (Å²) in [5.41, 5.74) is 1.96. The predicted molar refractivity (Wildman–Crippen MR) is 62.1 cm³/mol. The zero-order chi connectivity index (χ0) is 12.5. The number of nitrogens with zero attached hydrogens (tertiary/aromatic N) is 1. The number of hydrogen-bond donors (Lipinski definition) is 1. The highest BCUT2D eigenvalue weighted by Crippen LogP contribution is 2.23. The average molecular weight is 260 g/mol. The van der Waals surface area contributed by atoms with Crippen LogP contribution in [0.5, 0.6) is 0 Å². The van der Waals surface area contributed by atoms with Gasteiger partial charge in [-0.2, -0.15) is 13.2 Å². The maximum atomic E-state index is 11.9. The van der Waals surface area contributed by atoms with Crippen molar-refractivity contribution in [2.75, 3.05) is 6.54 Å². The number of hydrogen-bond acceptors (Lipinski definition) is 3. The second kappa shape index (κ2) is 4.62. The molecule has 0 aliphatic heterocycles. The minimum absolute atomic E-state index is 0.151. The molecule has 0 spiro atoms. The van der Waals surface area contributed by atoms with E-state index in [1.54, 1.807) is 0 Å². The van der Waals surface area contributed by atoms with E-state index in [1.807, 2.05) is 25.1 Å². The number of halogens is 3. The molecule has 0 radical (unpaired) electrons. The van der Waals surface area contributed by atoms with Crippen molar-refractivity contribution < 1.29 is 13.2 Å². The highest BCUT2D eigenvalue weighted by molar-refractivity contribution is 7.18. The molecule has 2 nitrogen and oxygen atoms in total. The SMILES string of the molecule is Cc1ccc2nc(CNCC(F)(F)F)sc2c1. The molecule has 0 atom stereocenters. The molecule has 1 aromatic carbocycles. The van der Waals surface area contributed by atoms with Crippen molar-refractivity contribution >= 4 is 21.6 Å². The lowest BCUT2D eigenvalue weighted by Gasteiger charge is -2.05. The Hall–Kier alpha value is -1.14. The fourth-order valence-corrected chi connectivity index (χ4v) is 2.50. The summed E-state index contributed by atoms with van der Waals surface area (Å²) in [6.45, 7) is 1.14. The van der Waals surface area contributed by atoms with Crippen molar-refractivity contribution in [2.45, 2.75) is 19.6 Å². The Morgan fingerprint density at radius 3 is 2.82 bits per heavy atom. The molecule has 2 aromatic rings. The van der Waals surface area contributed by atoms with Crippen LogP contribution in [0.4, 0.5) is 13.2 Å². The van der Waals surface area contributed by atoms with Gasteiger partial charge < -0.3 is 5.32 Å². The van der Waals surface area contributed by atoms with Crippen LogP contribution in [-0.2, 0) is 6.54 Å².